The predicted molar refractivity (Wildman–Crippen MR) is 121 cm³/mol. The quantitative estimate of drug-likeness (QED) is 0.597. The molecule has 2 bridgehead atoms. The molecule has 0 saturated carbocycles. The van der Waals surface area contributed by atoms with Gasteiger partial charge in [-0.15, -0.1) is 11.8 Å². The van der Waals surface area contributed by atoms with Crippen molar-refractivity contribution in [3.8, 4) is 0 Å². The summed E-state index contributed by atoms with van der Waals surface area (Å²) in [6.45, 7) is 4.13. The number of likely N-dealkylation sites (tertiary alicyclic amines) is 1. The number of benzene rings is 1. The molecule has 3 amide bonds. The van der Waals surface area contributed by atoms with E-state index in [0.717, 1.165) is 12.0 Å². The molecule has 168 valence electrons. The highest BCUT2D eigenvalue weighted by Gasteiger charge is 2.75. The van der Waals surface area contributed by atoms with Gasteiger partial charge in [-0.05, 0) is 37.3 Å². The van der Waals surface area contributed by atoms with Gasteiger partial charge in [-0.25, -0.2) is 0 Å². The van der Waals surface area contributed by atoms with Crippen LogP contribution in [0.25, 0.3) is 0 Å². The fourth-order valence-corrected chi connectivity index (χ4v) is 8.44. The molecule has 4 rings (SSSR count). The summed E-state index contributed by atoms with van der Waals surface area (Å²) in [4.78, 5) is 41.6. The smallest absolute Gasteiger partial charge is 0.248 e. The highest BCUT2D eigenvalue weighted by molar-refractivity contribution is 8.02. The molecule has 3 unspecified atom stereocenters. The molecule has 3 saturated heterocycles. The number of para-hydroxylation sites is 1. The van der Waals surface area contributed by atoms with Gasteiger partial charge in [-0.1, -0.05) is 30.7 Å². The number of thioether (sulfide) groups is 1. The highest BCUT2D eigenvalue weighted by Crippen LogP contribution is 2.68. The number of carbonyl (C=O) groups excluding carboxylic acids is 3. The van der Waals surface area contributed by atoms with Gasteiger partial charge in [0.1, 0.15) is 6.04 Å². The van der Waals surface area contributed by atoms with Crippen LogP contribution < -0.4 is 10.6 Å². The molecule has 0 aliphatic carbocycles. The summed E-state index contributed by atoms with van der Waals surface area (Å²) in [5.74, 6) is -1.50. The lowest BCUT2D eigenvalue weighted by molar-refractivity contribution is -0.139. The molecule has 1 aromatic carbocycles. The number of aliphatic hydroxyl groups is 1. The van der Waals surface area contributed by atoms with Crippen LogP contribution in [0.4, 0.5) is 5.69 Å². The standard InChI is InChI=1S/C22H28ClN3O4S/c1-11-6-4-7-13(23)17(11)25-20(29)18-22-12(2)10-14(31-22)15(19(28)24-3)16(22)21(30)26(18)8-5-9-27/h4,6-7,12,14-16,18,27H,5,8-10H2,1-3H3,(H,24,28)(H,25,29)/t12?,14-,15+,16+,18?,22?/m1/s1. The van der Waals surface area contributed by atoms with Crippen molar-refractivity contribution in [2.24, 2.45) is 17.8 Å². The summed E-state index contributed by atoms with van der Waals surface area (Å²) < 4.78 is -0.673. The Morgan fingerprint density at radius 1 is 1.35 bits per heavy atom. The van der Waals surface area contributed by atoms with Crippen LogP contribution in [-0.2, 0) is 14.4 Å². The third-order valence-electron chi connectivity index (χ3n) is 7.07. The normalized spacial score (nSPS) is 33.5. The first kappa shape index (κ1) is 22.4. The van der Waals surface area contributed by atoms with Crippen LogP contribution in [-0.4, -0.2) is 64.0 Å². The lowest BCUT2D eigenvalue weighted by Crippen LogP contribution is -2.55. The number of anilines is 1. The van der Waals surface area contributed by atoms with E-state index in [1.165, 1.54) is 0 Å². The monoisotopic (exact) mass is 465 g/mol. The Morgan fingerprint density at radius 2 is 2.10 bits per heavy atom. The molecule has 3 fully saturated rings. The zero-order valence-corrected chi connectivity index (χ0v) is 19.4. The number of hydrogen-bond acceptors (Lipinski definition) is 5. The Bertz CT molecular complexity index is 908. The van der Waals surface area contributed by atoms with Gasteiger partial charge >= 0.3 is 0 Å². The second kappa shape index (κ2) is 8.30. The second-order valence-corrected chi connectivity index (χ2v) is 10.7. The van der Waals surface area contributed by atoms with Gasteiger partial charge in [0, 0.05) is 25.4 Å². The van der Waals surface area contributed by atoms with E-state index in [9.17, 15) is 19.5 Å². The van der Waals surface area contributed by atoms with E-state index >= 15 is 0 Å². The Morgan fingerprint density at radius 3 is 2.74 bits per heavy atom. The van der Waals surface area contributed by atoms with Crippen LogP contribution >= 0.6 is 23.4 Å². The molecule has 3 heterocycles. The van der Waals surface area contributed by atoms with Crippen LogP contribution in [0, 0.1) is 24.7 Å². The summed E-state index contributed by atoms with van der Waals surface area (Å²) in [7, 11) is 1.59. The average Bonchev–Trinajstić information content (AvgIpc) is 3.32. The maximum atomic E-state index is 13.7. The number of amides is 3. The second-order valence-electron chi connectivity index (χ2n) is 8.70. The molecular formula is C22H28ClN3O4S. The van der Waals surface area contributed by atoms with Gasteiger partial charge in [0.05, 0.1) is 27.3 Å². The Hall–Kier alpha value is -1.77. The van der Waals surface area contributed by atoms with E-state index < -0.39 is 22.6 Å². The van der Waals surface area contributed by atoms with Gasteiger partial charge in [0.25, 0.3) is 0 Å². The van der Waals surface area contributed by atoms with Crippen molar-refractivity contribution in [2.75, 3.05) is 25.5 Å². The molecule has 31 heavy (non-hydrogen) atoms. The number of halogens is 1. The van der Waals surface area contributed by atoms with E-state index in [0.29, 0.717) is 17.1 Å². The van der Waals surface area contributed by atoms with E-state index in [2.05, 4.69) is 17.6 Å². The van der Waals surface area contributed by atoms with Gasteiger partial charge < -0.3 is 20.6 Å². The van der Waals surface area contributed by atoms with Crippen molar-refractivity contribution in [1.29, 1.82) is 0 Å². The van der Waals surface area contributed by atoms with E-state index in [1.807, 2.05) is 19.1 Å². The number of rotatable bonds is 6. The van der Waals surface area contributed by atoms with E-state index in [1.54, 1.807) is 29.8 Å². The maximum Gasteiger partial charge on any atom is 0.248 e. The number of nitrogens with one attached hydrogen (secondary N) is 2. The first-order valence-corrected chi connectivity index (χ1v) is 11.9. The van der Waals surface area contributed by atoms with Gasteiger partial charge in [0.15, 0.2) is 0 Å². The van der Waals surface area contributed by atoms with Crippen molar-refractivity contribution < 1.29 is 19.5 Å². The molecule has 1 spiro atoms. The summed E-state index contributed by atoms with van der Waals surface area (Å²) in [5.41, 5.74) is 1.37. The van der Waals surface area contributed by atoms with Gasteiger partial charge in [-0.3, -0.25) is 14.4 Å². The number of carbonyl (C=O) groups is 3. The third kappa shape index (κ3) is 3.26. The number of aliphatic hydroxyl groups excluding tert-OH is 1. The molecule has 0 radical (unpaired) electrons. The molecule has 7 nitrogen and oxygen atoms in total. The minimum Gasteiger partial charge on any atom is -0.396 e. The lowest BCUT2D eigenvalue weighted by atomic mass is 9.66. The van der Waals surface area contributed by atoms with Gasteiger partial charge in [-0.2, -0.15) is 0 Å². The molecular weight excluding hydrogens is 438 g/mol. The minimum atomic E-state index is -0.730. The van der Waals surface area contributed by atoms with Crippen LogP contribution in [0.1, 0.15) is 25.3 Å². The molecule has 9 heteroatoms. The Labute approximate surface area is 191 Å². The highest BCUT2D eigenvalue weighted by atomic mass is 35.5. The molecule has 0 aromatic heterocycles. The summed E-state index contributed by atoms with van der Waals surface area (Å²) in [5, 5.41) is 15.5. The summed E-state index contributed by atoms with van der Waals surface area (Å²) >= 11 is 7.97. The SMILES string of the molecule is CNC(=O)[C@@H]1[C@H]2C(=O)N(CCCO)C(C(=O)Nc3c(C)cccc3Cl)C23S[C@@H]1CC3C. The van der Waals surface area contributed by atoms with E-state index in [-0.39, 0.29) is 42.0 Å². The molecule has 6 atom stereocenters. The zero-order chi connectivity index (χ0) is 22.5. The van der Waals surface area contributed by atoms with Crippen molar-refractivity contribution in [3.05, 3.63) is 28.8 Å². The first-order valence-electron chi connectivity index (χ1n) is 10.6. The number of nitrogens with zero attached hydrogens (tertiary/aromatic N) is 1. The number of fused-ring (bicyclic) bond motifs is 1. The first-order chi connectivity index (χ1) is 14.8. The lowest BCUT2D eigenvalue weighted by Gasteiger charge is -2.38. The third-order valence-corrected chi connectivity index (χ3v) is 9.46. The van der Waals surface area contributed by atoms with Crippen molar-refractivity contribution in [2.45, 2.75) is 42.7 Å². The number of aryl methyl sites for hydroxylation is 1. The minimum absolute atomic E-state index is 0.0150. The van der Waals surface area contributed by atoms with Crippen LogP contribution in [0.3, 0.4) is 0 Å². The van der Waals surface area contributed by atoms with Crippen molar-refractivity contribution >= 4 is 46.8 Å². The van der Waals surface area contributed by atoms with Crippen LogP contribution in [0.2, 0.25) is 5.02 Å². The fourth-order valence-electron chi connectivity index (χ4n) is 5.75. The fraction of sp³-hybridized carbons (Fsp3) is 0.591. The summed E-state index contributed by atoms with van der Waals surface area (Å²) in [6, 6.07) is 4.67. The molecule has 3 aliphatic rings. The topological polar surface area (TPSA) is 98.7 Å². The average molecular weight is 466 g/mol. The Kier molecular flexibility index (Phi) is 6.00. The van der Waals surface area contributed by atoms with Gasteiger partial charge in [0.2, 0.25) is 17.7 Å². The summed E-state index contributed by atoms with van der Waals surface area (Å²) in [6.07, 6.45) is 1.16. The number of hydrogen-bond donors (Lipinski definition) is 3. The molecule has 3 N–H and O–H groups in total. The zero-order valence-electron chi connectivity index (χ0n) is 17.9. The maximum absolute atomic E-state index is 13.7. The van der Waals surface area contributed by atoms with Crippen LogP contribution in [0.5, 0.6) is 0 Å². The van der Waals surface area contributed by atoms with Crippen LogP contribution in [0.15, 0.2) is 18.2 Å². The van der Waals surface area contributed by atoms with Crippen molar-refractivity contribution in [1.82, 2.24) is 10.2 Å². The predicted octanol–water partition coefficient (Wildman–Crippen LogP) is 2.05. The molecule has 1 aromatic rings. The largest absolute Gasteiger partial charge is 0.396 e. The van der Waals surface area contributed by atoms with Crippen molar-refractivity contribution in [3.63, 3.8) is 0 Å². The Balaban J connectivity index is 1.76. The molecule has 3 aliphatic heterocycles. The van der Waals surface area contributed by atoms with E-state index in [4.69, 9.17) is 11.6 Å².